The molecule has 0 bridgehead atoms. The van der Waals surface area contributed by atoms with Crippen molar-refractivity contribution in [2.45, 2.75) is 18.9 Å². The first kappa shape index (κ1) is 15.6. The predicted octanol–water partition coefficient (Wildman–Crippen LogP) is 0.479. The van der Waals surface area contributed by atoms with Gasteiger partial charge in [0.15, 0.2) is 0 Å². The molecule has 1 fully saturated rings. The molecule has 1 saturated heterocycles. The maximum atomic E-state index is 11.2. The average Bonchev–Trinajstić information content (AvgIpc) is 2.04. The molecule has 0 aliphatic carbocycles. The summed E-state index contributed by atoms with van der Waals surface area (Å²) in [6.45, 7) is 0.998. The molecule has 0 spiro atoms. The number of amides is 1. The van der Waals surface area contributed by atoms with E-state index in [1.54, 1.807) is 7.05 Å². The van der Waals surface area contributed by atoms with Gasteiger partial charge in [0, 0.05) is 7.05 Å². The summed E-state index contributed by atoms with van der Waals surface area (Å²) in [5.41, 5.74) is 0. The number of rotatable bonds is 1. The Kier molecular flexibility index (Phi) is 9.01. The van der Waals surface area contributed by atoms with Gasteiger partial charge < -0.3 is 19.2 Å². The first-order valence-corrected chi connectivity index (χ1v) is 3.99. The SMILES string of the molecule is CNC(=O)C1C[CH-]CCN1C.[CH3-].[W+2]. The second-order valence-corrected chi connectivity index (χ2v) is 2.92. The Morgan fingerprint density at radius 3 is 2.69 bits per heavy atom. The van der Waals surface area contributed by atoms with Crippen LogP contribution in [0, 0.1) is 13.8 Å². The van der Waals surface area contributed by atoms with E-state index in [4.69, 9.17) is 0 Å². The van der Waals surface area contributed by atoms with Crippen molar-refractivity contribution < 1.29 is 25.9 Å². The van der Waals surface area contributed by atoms with E-state index in [2.05, 4.69) is 16.6 Å². The van der Waals surface area contributed by atoms with Gasteiger partial charge >= 0.3 is 21.1 Å². The first-order chi connectivity index (χ1) is 5.25. The Morgan fingerprint density at radius 2 is 2.23 bits per heavy atom. The number of likely N-dealkylation sites (tertiary alicyclic amines) is 1. The summed E-state index contributed by atoms with van der Waals surface area (Å²) in [4.78, 5) is 13.3. The summed E-state index contributed by atoms with van der Waals surface area (Å²) in [7, 11) is 3.68. The van der Waals surface area contributed by atoms with E-state index in [9.17, 15) is 4.79 Å². The number of likely N-dealkylation sites (N-methyl/N-ethyl adjacent to an activating group) is 2. The minimum absolute atomic E-state index is 0. The molecule has 1 aliphatic rings. The molecule has 1 N–H and O–H groups in total. The van der Waals surface area contributed by atoms with Gasteiger partial charge in [-0.05, 0) is 13.6 Å². The molecule has 0 radical (unpaired) electrons. The summed E-state index contributed by atoms with van der Waals surface area (Å²) >= 11 is 0. The molecule has 1 heterocycles. The number of hydrogen-bond acceptors (Lipinski definition) is 2. The zero-order valence-corrected chi connectivity index (χ0v) is 11.5. The van der Waals surface area contributed by atoms with Crippen LogP contribution in [-0.4, -0.2) is 37.5 Å². The van der Waals surface area contributed by atoms with E-state index in [1.807, 2.05) is 7.05 Å². The minimum Gasteiger partial charge on any atom is -0.358 e. The molecule has 4 heteroatoms. The predicted molar refractivity (Wildman–Crippen MR) is 50.4 cm³/mol. The van der Waals surface area contributed by atoms with Crippen molar-refractivity contribution in [3.63, 3.8) is 0 Å². The summed E-state index contributed by atoms with van der Waals surface area (Å²) in [6.07, 6.45) is 4.17. The molecule has 1 rings (SSSR count). The first-order valence-electron chi connectivity index (χ1n) is 3.99. The zero-order valence-electron chi connectivity index (χ0n) is 8.54. The van der Waals surface area contributed by atoms with Gasteiger partial charge in [0.05, 0.1) is 6.04 Å². The Balaban J connectivity index is 0. The topological polar surface area (TPSA) is 32.3 Å². The van der Waals surface area contributed by atoms with E-state index in [1.165, 1.54) is 0 Å². The number of nitrogens with one attached hydrogen (secondary N) is 1. The third-order valence-corrected chi connectivity index (χ3v) is 2.16. The van der Waals surface area contributed by atoms with Crippen molar-refractivity contribution in [3.8, 4) is 0 Å². The van der Waals surface area contributed by atoms with Crippen LogP contribution in [0.5, 0.6) is 0 Å². The Bertz CT molecular complexity index is 153. The fraction of sp³-hybridized carbons (Fsp3) is 0.667. The number of nitrogens with zero attached hydrogens (tertiary/aromatic N) is 1. The molecule has 1 amide bonds. The van der Waals surface area contributed by atoms with Gasteiger partial charge in [0.1, 0.15) is 0 Å². The quantitative estimate of drug-likeness (QED) is 0.695. The van der Waals surface area contributed by atoms with E-state index < -0.39 is 0 Å². The summed E-state index contributed by atoms with van der Waals surface area (Å²) in [6, 6.07) is 0.0637. The van der Waals surface area contributed by atoms with Gasteiger partial charge in [-0.3, -0.25) is 9.69 Å². The van der Waals surface area contributed by atoms with E-state index in [0.717, 1.165) is 19.4 Å². The molecule has 0 saturated carbocycles. The van der Waals surface area contributed by atoms with Crippen molar-refractivity contribution in [2.24, 2.45) is 0 Å². The fourth-order valence-corrected chi connectivity index (χ4v) is 1.38. The van der Waals surface area contributed by atoms with Crippen LogP contribution in [-0.2, 0) is 25.9 Å². The zero-order chi connectivity index (χ0) is 8.27. The number of hydrogen-bond donors (Lipinski definition) is 1. The maximum absolute atomic E-state index is 11.2. The normalized spacial score (nSPS) is 22.5. The van der Waals surface area contributed by atoms with E-state index in [0.29, 0.717) is 0 Å². The summed E-state index contributed by atoms with van der Waals surface area (Å²) in [5, 5.41) is 2.66. The van der Waals surface area contributed by atoms with E-state index >= 15 is 0 Å². The maximum Gasteiger partial charge on any atom is 2.00 e. The fourth-order valence-electron chi connectivity index (χ4n) is 1.38. The van der Waals surface area contributed by atoms with Crippen molar-refractivity contribution >= 4 is 5.91 Å². The van der Waals surface area contributed by atoms with Crippen LogP contribution < -0.4 is 5.32 Å². The third kappa shape index (κ3) is 4.23. The van der Waals surface area contributed by atoms with Gasteiger partial charge in [-0.15, -0.1) is 0 Å². The van der Waals surface area contributed by atoms with Crippen LogP contribution in [0.15, 0.2) is 0 Å². The molecule has 0 aromatic heterocycles. The number of carbonyl (C=O) groups excluding carboxylic acids is 1. The van der Waals surface area contributed by atoms with Crippen LogP contribution >= 0.6 is 0 Å². The molecule has 1 atom stereocenters. The monoisotopic (exact) mass is 354 g/mol. The molecule has 1 unspecified atom stereocenters. The van der Waals surface area contributed by atoms with Gasteiger partial charge in [0.2, 0.25) is 5.91 Å². The minimum atomic E-state index is 0. The third-order valence-electron chi connectivity index (χ3n) is 2.16. The van der Waals surface area contributed by atoms with Gasteiger partial charge in [-0.2, -0.15) is 12.8 Å². The largest absolute Gasteiger partial charge is 2.00 e. The van der Waals surface area contributed by atoms with Gasteiger partial charge in [0.25, 0.3) is 0 Å². The summed E-state index contributed by atoms with van der Waals surface area (Å²) < 4.78 is 0. The molecular formula is C9H18N2OW. The molecule has 76 valence electrons. The van der Waals surface area contributed by atoms with Crippen LogP contribution in [0.4, 0.5) is 0 Å². The molecule has 13 heavy (non-hydrogen) atoms. The van der Waals surface area contributed by atoms with Crippen LogP contribution in [0.25, 0.3) is 0 Å². The molecule has 3 nitrogen and oxygen atoms in total. The number of carbonyl (C=O) groups is 1. The van der Waals surface area contributed by atoms with Crippen LogP contribution in [0.1, 0.15) is 12.8 Å². The number of piperidine rings is 1. The Morgan fingerprint density at radius 1 is 1.62 bits per heavy atom. The molecule has 0 aromatic rings. The van der Waals surface area contributed by atoms with Gasteiger partial charge in [-0.1, -0.05) is 0 Å². The van der Waals surface area contributed by atoms with Crippen molar-refractivity contribution in [3.05, 3.63) is 13.8 Å². The Labute approximate surface area is 95.5 Å². The van der Waals surface area contributed by atoms with Crippen molar-refractivity contribution in [2.75, 3.05) is 20.6 Å². The second-order valence-electron chi connectivity index (χ2n) is 2.92. The van der Waals surface area contributed by atoms with Crippen molar-refractivity contribution in [1.29, 1.82) is 0 Å². The summed E-state index contributed by atoms with van der Waals surface area (Å²) in [5.74, 6) is 0.128. The van der Waals surface area contributed by atoms with Crippen molar-refractivity contribution in [1.82, 2.24) is 10.2 Å². The standard InChI is InChI=1S/C8H15N2O.CH3.W/c1-9-8(11)7-5-3-4-6-10(7)2;;/h3,7H,4-6H2,1-2H3,(H,9,11);1H3;/q2*-1;+2. The smallest absolute Gasteiger partial charge is 0.358 e. The molecule has 0 aromatic carbocycles. The molecular weight excluding hydrogens is 336 g/mol. The second kappa shape index (κ2) is 7.52. The van der Waals surface area contributed by atoms with E-state index in [-0.39, 0.29) is 40.4 Å². The van der Waals surface area contributed by atoms with Gasteiger partial charge in [-0.25, -0.2) is 0 Å². The van der Waals surface area contributed by atoms with Crippen LogP contribution in [0.2, 0.25) is 0 Å². The average molecular weight is 354 g/mol. The van der Waals surface area contributed by atoms with Crippen LogP contribution in [0.3, 0.4) is 0 Å². The Hall–Kier alpha value is 0.118. The molecule has 1 aliphatic heterocycles.